The van der Waals surface area contributed by atoms with Crippen LogP contribution in [0.1, 0.15) is 11.1 Å². The predicted octanol–water partition coefficient (Wildman–Crippen LogP) is 3.06. The Morgan fingerprint density at radius 2 is 1.87 bits per heavy atom. The summed E-state index contributed by atoms with van der Waals surface area (Å²) >= 11 is 0. The largest absolute Gasteiger partial charge is 0.419 e. The molecule has 0 N–H and O–H groups in total. The molecular weight excluding hydrogens is 218 g/mol. The zero-order valence-corrected chi connectivity index (χ0v) is 7.43. The Balaban J connectivity index is 3.51. The first kappa shape index (κ1) is 11.4. The van der Waals surface area contributed by atoms with Gasteiger partial charge < -0.3 is 0 Å². The van der Waals surface area contributed by atoms with Crippen LogP contribution in [0.25, 0.3) is 0 Å². The lowest BCUT2D eigenvalue weighted by Gasteiger charge is -2.10. The summed E-state index contributed by atoms with van der Waals surface area (Å²) in [5.41, 5.74) is -3.05. The fourth-order valence-corrected chi connectivity index (χ4v) is 1.21. The Morgan fingerprint density at radius 1 is 1.33 bits per heavy atom. The highest BCUT2D eigenvalue weighted by Gasteiger charge is 2.38. The van der Waals surface area contributed by atoms with Gasteiger partial charge in [0.1, 0.15) is 11.4 Å². The smallest absolute Gasteiger partial charge is 0.258 e. The molecule has 1 aromatic carbocycles. The van der Waals surface area contributed by atoms with Crippen molar-refractivity contribution in [3.05, 3.63) is 39.2 Å². The maximum atomic E-state index is 12.8. The molecule has 15 heavy (non-hydrogen) atoms. The van der Waals surface area contributed by atoms with E-state index in [9.17, 15) is 27.7 Å². The van der Waals surface area contributed by atoms with Gasteiger partial charge in [0.15, 0.2) is 0 Å². The van der Waals surface area contributed by atoms with Crippen LogP contribution in [0.15, 0.2) is 12.1 Å². The van der Waals surface area contributed by atoms with Crippen molar-refractivity contribution in [3.8, 4) is 0 Å². The first-order chi connectivity index (χ1) is 6.75. The summed E-state index contributed by atoms with van der Waals surface area (Å²) in [6.07, 6.45) is -4.93. The van der Waals surface area contributed by atoms with Gasteiger partial charge in [-0.25, -0.2) is 4.39 Å². The van der Waals surface area contributed by atoms with E-state index < -0.39 is 33.7 Å². The SMILES string of the molecule is Cc1c([N+](=O)[O-])ccc(F)c1C(F)(F)F. The minimum absolute atomic E-state index is 0.438. The average Bonchev–Trinajstić information content (AvgIpc) is 2.00. The molecule has 0 heterocycles. The van der Waals surface area contributed by atoms with Crippen LogP contribution in [0, 0.1) is 22.9 Å². The Kier molecular flexibility index (Phi) is 2.65. The van der Waals surface area contributed by atoms with Crippen molar-refractivity contribution in [1.29, 1.82) is 0 Å². The van der Waals surface area contributed by atoms with Crippen molar-refractivity contribution in [2.45, 2.75) is 13.1 Å². The molecule has 0 aliphatic carbocycles. The van der Waals surface area contributed by atoms with Crippen LogP contribution in [0.3, 0.4) is 0 Å². The summed E-state index contributed by atoms with van der Waals surface area (Å²) in [5, 5.41) is 10.3. The van der Waals surface area contributed by atoms with Crippen LogP contribution in [0.5, 0.6) is 0 Å². The third kappa shape index (κ3) is 2.05. The summed E-state index contributed by atoms with van der Waals surface area (Å²) in [4.78, 5) is 9.35. The van der Waals surface area contributed by atoms with Gasteiger partial charge in [0.05, 0.1) is 4.92 Å². The van der Waals surface area contributed by atoms with E-state index in [1.165, 1.54) is 0 Å². The van der Waals surface area contributed by atoms with Gasteiger partial charge in [0.2, 0.25) is 0 Å². The molecule has 0 fully saturated rings. The Bertz CT molecular complexity index is 414. The molecule has 0 saturated carbocycles. The summed E-state index contributed by atoms with van der Waals surface area (Å²) in [6.45, 7) is 0.865. The van der Waals surface area contributed by atoms with Crippen molar-refractivity contribution in [2.24, 2.45) is 0 Å². The van der Waals surface area contributed by atoms with Crippen molar-refractivity contribution >= 4 is 5.69 Å². The van der Waals surface area contributed by atoms with Gasteiger partial charge in [0.25, 0.3) is 5.69 Å². The number of alkyl halides is 3. The Hall–Kier alpha value is -1.66. The van der Waals surface area contributed by atoms with Crippen LogP contribution in [0.2, 0.25) is 0 Å². The van der Waals surface area contributed by atoms with Crippen molar-refractivity contribution in [3.63, 3.8) is 0 Å². The molecule has 0 atom stereocenters. The number of nitrogens with zero attached hydrogens (tertiary/aromatic N) is 1. The number of halogens is 4. The van der Waals surface area contributed by atoms with E-state index in [0.29, 0.717) is 12.1 Å². The molecular formula is C8H5F4NO2. The number of benzene rings is 1. The van der Waals surface area contributed by atoms with E-state index in [-0.39, 0.29) is 0 Å². The lowest BCUT2D eigenvalue weighted by molar-refractivity contribution is -0.385. The Morgan fingerprint density at radius 3 is 2.27 bits per heavy atom. The molecule has 0 aliphatic heterocycles. The molecule has 82 valence electrons. The van der Waals surface area contributed by atoms with Crippen molar-refractivity contribution in [1.82, 2.24) is 0 Å². The molecule has 0 amide bonds. The van der Waals surface area contributed by atoms with Crippen LogP contribution < -0.4 is 0 Å². The normalized spacial score (nSPS) is 11.5. The standard InChI is InChI=1S/C8H5F4NO2/c1-4-6(13(14)15)3-2-5(9)7(4)8(10,11)12/h2-3H,1H3. The molecule has 1 aromatic rings. The highest BCUT2D eigenvalue weighted by Crippen LogP contribution is 2.37. The second-order valence-electron chi connectivity index (χ2n) is 2.82. The zero-order valence-electron chi connectivity index (χ0n) is 7.43. The number of hydrogen-bond acceptors (Lipinski definition) is 2. The number of nitro groups is 1. The maximum Gasteiger partial charge on any atom is 0.419 e. The summed E-state index contributed by atoms with van der Waals surface area (Å²) < 4.78 is 49.7. The number of hydrogen-bond donors (Lipinski definition) is 0. The summed E-state index contributed by atoms with van der Waals surface area (Å²) in [5.74, 6) is -1.51. The quantitative estimate of drug-likeness (QED) is 0.417. The number of rotatable bonds is 1. The van der Waals surface area contributed by atoms with Crippen LogP contribution in [-0.2, 0) is 6.18 Å². The molecule has 3 nitrogen and oxygen atoms in total. The maximum absolute atomic E-state index is 12.8. The second-order valence-corrected chi connectivity index (χ2v) is 2.82. The summed E-state index contributed by atoms with van der Waals surface area (Å²) in [6, 6.07) is 1.15. The minimum atomic E-state index is -4.93. The molecule has 7 heteroatoms. The predicted molar refractivity (Wildman–Crippen MR) is 42.8 cm³/mol. The lowest BCUT2D eigenvalue weighted by atomic mass is 10.1. The van der Waals surface area contributed by atoms with Gasteiger partial charge in [-0.05, 0) is 13.0 Å². The van der Waals surface area contributed by atoms with Gasteiger partial charge in [0, 0.05) is 11.6 Å². The van der Waals surface area contributed by atoms with E-state index in [1.807, 2.05) is 0 Å². The molecule has 0 radical (unpaired) electrons. The van der Waals surface area contributed by atoms with Crippen LogP contribution >= 0.6 is 0 Å². The van der Waals surface area contributed by atoms with E-state index in [0.717, 1.165) is 6.92 Å². The number of nitro benzene ring substituents is 1. The molecule has 0 unspecified atom stereocenters. The molecule has 0 saturated heterocycles. The fourth-order valence-electron chi connectivity index (χ4n) is 1.21. The van der Waals surface area contributed by atoms with Gasteiger partial charge in [-0.15, -0.1) is 0 Å². The van der Waals surface area contributed by atoms with Gasteiger partial charge in [-0.2, -0.15) is 13.2 Å². The first-order valence-electron chi connectivity index (χ1n) is 3.76. The molecule has 0 aliphatic rings. The van der Waals surface area contributed by atoms with Crippen LogP contribution in [0.4, 0.5) is 23.2 Å². The van der Waals surface area contributed by atoms with E-state index in [1.54, 1.807) is 0 Å². The van der Waals surface area contributed by atoms with Crippen molar-refractivity contribution < 1.29 is 22.5 Å². The zero-order chi connectivity index (χ0) is 11.8. The highest BCUT2D eigenvalue weighted by atomic mass is 19.4. The highest BCUT2D eigenvalue weighted by molar-refractivity contribution is 5.46. The molecule has 0 aromatic heterocycles. The third-order valence-corrected chi connectivity index (χ3v) is 1.87. The molecule has 0 spiro atoms. The summed E-state index contributed by atoms with van der Waals surface area (Å²) in [7, 11) is 0. The first-order valence-corrected chi connectivity index (χ1v) is 3.76. The minimum Gasteiger partial charge on any atom is -0.258 e. The van der Waals surface area contributed by atoms with Gasteiger partial charge in [-0.3, -0.25) is 10.1 Å². The third-order valence-electron chi connectivity index (χ3n) is 1.87. The van der Waals surface area contributed by atoms with Crippen molar-refractivity contribution in [2.75, 3.05) is 0 Å². The Labute approximate surface area is 81.5 Å². The fraction of sp³-hybridized carbons (Fsp3) is 0.250. The monoisotopic (exact) mass is 223 g/mol. The van der Waals surface area contributed by atoms with Gasteiger partial charge in [-0.1, -0.05) is 0 Å². The topological polar surface area (TPSA) is 43.1 Å². The van der Waals surface area contributed by atoms with E-state index >= 15 is 0 Å². The van der Waals surface area contributed by atoms with E-state index in [4.69, 9.17) is 0 Å². The molecule has 1 rings (SSSR count). The second kappa shape index (κ2) is 3.48. The van der Waals surface area contributed by atoms with Crippen LogP contribution in [-0.4, -0.2) is 4.92 Å². The average molecular weight is 223 g/mol. The van der Waals surface area contributed by atoms with Gasteiger partial charge >= 0.3 is 6.18 Å². The molecule has 0 bridgehead atoms. The lowest BCUT2D eigenvalue weighted by Crippen LogP contribution is -2.12. The van der Waals surface area contributed by atoms with E-state index in [2.05, 4.69) is 0 Å².